The van der Waals surface area contributed by atoms with Crippen molar-refractivity contribution in [3.63, 3.8) is 0 Å². The normalized spacial score (nSPS) is 15.7. The van der Waals surface area contributed by atoms with Gasteiger partial charge in [-0.1, -0.05) is 48.0 Å². The van der Waals surface area contributed by atoms with E-state index in [9.17, 15) is 4.79 Å². The molecule has 186 valence electrons. The highest BCUT2D eigenvalue weighted by molar-refractivity contribution is 8.18. The number of carbonyl (C=O) groups excluding carboxylic acids is 1. The molecule has 0 saturated carbocycles. The molecule has 0 spiro atoms. The van der Waals surface area contributed by atoms with E-state index in [4.69, 9.17) is 14.5 Å². The number of likely N-dealkylation sites (N-methyl/N-ethyl adjacent to an activating group) is 1. The minimum absolute atomic E-state index is 0.0377. The van der Waals surface area contributed by atoms with E-state index in [0.29, 0.717) is 41.3 Å². The average molecular weight is 501 g/mol. The first-order valence-corrected chi connectivity index (χ1v) is 13.0. The molecule has 0 aliphatic carbocycles. The van der Waals surface area contributed by atoms with Gasteiger partial charge in [0.2, 0.25) is 0 Å². The van der Waals surface area contributed by atoms with E-state index < -0.39 is 0 Å². The molecule has 0 atom stereocenters. The van der Waals surface area contributed by atoms with Crippen LogP contribution in [0.5, 0.6) is 11.5 Å². The van der Waals surface area contributed by atoms with Crippen LogP contribution in [0.1, 0.15) is 41.7 Å². The Labute approximate surface area is 217 Å². The van der Waals surface area contributed by atoms with Crippen LogP contribution in [0.3, 0.4) is 0 Å². The van der Waals surface area contributed by atoms with Gasteiger partial charge in [0.15, 0.2) is 16.7 Å². The molecule has 6 heteroatoms. The second-order valence-corrected chi connectivity index (χ2v) is 9.77. The van der Waals surface area contributed by atoms with Gasteiger partial charge in [0.05, 0.1) is 17.2 Å². The molecule has 3 aromatic carbocycles. The first kappa shape index (κ1) is 25.6. The first-order valence-electron chi connectivity index (χ1n) is 12.2. The van der Waals surface area contributed by atoms with E-state index in [1.165, 1.54) is 17.3 Å². The third-order valence-electron chi connectivity index (χ3n) is 5.83. The molecule has 0 radical (unpaired) electrons. The van der Waals surface area contributed by atoms with Crippen LogP contribution in [0, 0.1) is 20.8 Å². The molecule has 4 rings (SSSR count). The van der Waals surface area contributed by atoms with Gasteiger partial charge in [0, 0.05) is 6.54 Å². The van der Waals surface area contributed by atoms with E-state index in [-0.39, 0.29) is 5.91 Å². The molecule has 36 heavy (non-hydrogen) atoms. The topological polar surface area (TPSA) is 51.1 Å². The van der Waals surface area contributed by atoms with Gasteiger partial charge in [-0.3, -0.25) is 9.69 Å². The molecule has 1 aliphatic rings. The summed E-state index contributed by atoms with van der Waals surface area (Å²) in [5, 5.41) is 0.700. The smallest absolute Gasteiger partial charge is 0.266 e. The van der Waals surface area contributed by atoms with E-state index in [1.54, 1.807) is 4.90 Å². The number of carbonyl (C=O) groups is 1. The molecule has 5 nitrogen and oxygen atoms in total. The van der Waals surface area contributed by atoms with Gasteiger partial charge in [-0.2, -0.15) is 0 Å². The Hall–Kier alpha value is -3.51. The molecule has 3 aromatic rings. The van der Waals surface area contributed by atoms with Gasteiger partial charge in [0.1, 0.15) is 6.61 Å². The summed E-state index contributed by atoms with van der Waals surface area (Å²) in [4.78, 5) is 20.3. The van der Waals surface area contributed by atoms with E-state index in [2.05, 4.69) is 31.2 Å². The van der Waals surface area contributed by atoms with Crippen LogP contribution in [0.25, 0.3) is 6.08 Å². The summed E-state index contributed by atoms with van der Waals surface area (Å²) in [5.74, 6) is 1.30. The number of hydrogen-bond donors (Lipinski definition) is 0. The molecule has 1 amide bonds. The van der Waals surface area contributed by atoms with E-state index in [1.807, 2.05) is 70.2 Å². The molecule has 1 heterocycles. The molecule has 0 unspecified atom stereocenters. The number of benzene rings is 3. The quantitative estimate of drug-likeness (QED) is 0.307. The van der Waals surface area contributed by atoms with E-state index in [0.717, 1.165) is 27.9 Å². The van der Waals surface area contributed by atoms with Gasteiger partial charge in [-0.05, 0) is 92.9 Å². The van der Waals surface area contributed by atoms with Crippen molar-refractivity contribution in [3.8, 4) is 11.5 Å². The van der Waals surface area contributed by atoms with Gasteiger partial charge in [0.25, 0.3) is 5.91 Å². The zero-order valence-corrected chi connectivity index (χ0v) is 22.3. The highest BCUT2D eigenvalue weighted by atomic mass is 32.2. The van der Waals surface area contributed by atoms with Crippen LogP contribution in [-0.4, -0.2) is 29.1 Å². The molecular weight excluding hydrogens is 468 g/mol. The van der Waals surface area contributed by atoms with Crippen molar-refractivity contribution in [3.05, 3.63) is 93.4 Å². The molecule has 0 N–H and O–H groups in total. The van der Waals surface area contributed by atoms with Crippen molar-refractivity contribution in [1.82, 2.24) is 4.90 Å². The summed E-state index contributed by atoms with van der Waals surface area (Å²) in [6, 6.07) is 20.2. The fourth-order valence-electron chi connectivity index (χ4n) is 3.93. The standard InChI is InChI=1S/C30H32N2O3S/c1-6-32-29(33)28(36-30(32)31-25-16-21(4)11-12-22(25)5)18-23-13-14-26(27(17-23)34-7-2)35-19-24-10-8-9-20(3)15-24/h8-18H,6-7,19H2,1-5H3/b28-18+,31-30?. The second-order valence-electron chi connectivity index (χ2n) is 8.76. The largest absolute Gasteiger partial charge is 0.490 e. The van der Waals surface area contributed by atoms with Crippen LogP contribution in [0.2, 0.25) is 0 Å². The summed E-state index contributed by atoms with van der Waals surface area (Å²) in [5.41, 5.74) is 6.29. The second kappa shape index (κ2) is 11.5. The van der Waals surface area contributed by atoms with Crippen LogP contribution in [0.15, 0.2) is 70.6 Å². The third-order valence-corrected chi connectivity index (χ3v) is 6.83. The van der Waals surface area contributed by atoms with Crippen LogP contribution >= 0.6 is 11.8 Å². The Kier molecular flexibility index (Phi) is 8.16. The molecule has 0 aromatic heterocycles. The Morgan fingerprint density at radius 2 is 1.72 bits per heavy atom. The summed E-state index contributed by atoms with van der Waals surface area (Å²) < 4.78 is 11.9. The fraction of sp³-hybridized carbons (Fsp3) is 0.267. The minimum atomic E-state index is -0.0377. The first-order chi connectivity index (χ1) is 17.4. The maximum atomic E-state index is 13.2. The van der Waals surface area contributed by atoms with Crippen molar-refractivity contribution >= 4 is 34.6 Å². The van der Waals surface area contributed by atoms with Crippen molar-refractivity contribution in [2.24, 2.45) is 4.99 Å². The third kappa shape index (κ3) is 6.00. The van der Waals surface area contributed by atoms with Crippen LogP contribution < -0.4 is 9.47 Å². The van der Waals surface area contributed by atoms with Crippen molar-refractivity contribution in [2.75, 3.05) is 13.2 Å². The Bertz CT molecular complexity index is 1330. The lowest BCUT2D eigenvalue weighted by Crippen LogP contribution is -2.28. The van der Waals surface area contributed by atoms with Gasteiger partial charge < -0.3 is 9.47 Å². The number of amidine groups is 1. The number of ether oxygens (including phenoxy) is 2. The summed E-state index contributed by atoms with van der Waals surface area (Å²) >= 11 is 1.40. The van der Waals surface area contributed by atoms with Gasteiger partial charge in [-0.15, -0.1) is 0 Å². The number of aryl methyl sites for hydroxylation is 3. The Morgan fingerprint density at radius 1 is 0.917 bits per heavy atom. The number of hydrogen-bond acceptors (Lipinski definition) is 5. The van der Waals surface area contributed by atoms with Gasteiger partial charge in [-0.25, -0.2) is 4.99 Å². The van der Waals surface area contributed by atoms with Gasteiger partial charge >= 0.3 is 0 Å². The van der Waals surface area contributed by atoms with Crippen molar-refractivity contribution in [2.45, 2.75) is 41.2 Å². The Morgan fingerprint density at radius 3 is 2.47 bits per heavy atom. The molecular formula is C30H32N2O3S. The lowest BCUT2D eigenvalue weighted by Gasteiger charge is -2.13. The fourth-order valence-corrected chi connectivity index (χ4v) is 4.98. The highest BCUT2D eigenvalue weighted by Gasteiger charge is 2.32. The molecule has 0 bridgehead atoms. The average Bonchev–Trinajstić information content (AvgIpc) is 3.14. The van der Waals surface area contributed by atoms with Crippen LogP contribution in [-0.2, 0) is 11.4 Å². The van der Waals surface area contributed by atoms with Crippen LogP contribution in [0.4, 0.5) is 5.69 Å². The van der Waals surface area contributed by atoms with Crippen molar-refractivity contribution in [1.29, 1.82) is 0 Å². The molecule has 1 fully saturated rings. The number of thioether (sulfide) groups is 1. The number of amides is 1. The summed E-state index contributed by atoms with van der Waals surface area (Å²) in [6.45, 7) is 11.6. The maximum absolute atomic E-state index is 13.2. The zero-order valence-electron chi connectivity index (χ0n) is 21.5. The lowest BCUT2D eigenvalue weighted by molar-refractivity contribution is -0.122. The van der Waals surface area contributed by atoms with Crippen molar-refractivity contribution < 1.29 is 14.3 Å². The summed E-state index contributed by atoms with van der Waals surface area (Å²) in [7, 11) is 0. The number of aliphatic imine (C=N–C) groups is 1. The lowest BCUT2D eigenvalue weighted by atomic mass is 10.1. The predicted molar refractivity (Wildman–Crippen MR) is 149 cm³/mol. The Balaban J connectivity index is 1.58. The van der Waals surface area contributed by atoms with E-state index >= 15 is 0 Å². The number of rotatable bonds is 8. The summed E-state index contributed by atoms with van der Waals surface area (Å²) in [6.07, 6.45) is 1.90. The minimum Gasteiger partial charge on any atom is -0.490 e. The highest BCUT2D eigenvalue weighted by Crippen LogP contribution is 2.36. The zero-order chi connectivity index (χ0) is 25.7. The maximum Gasteiger partial charge on any atom is 0.266 e. The molecule has 1 aliphatic heterocycles. The predicted octanol–water partition coefficient (Wildman–Crippen LogP) is 7.21. The SMILES string of the molecule is CCOc1cc(/C=C2/SC(=Nc3cc(C)ccc3C)N(CC)C2=O)ccc1OCc1cccc(C)c1. The number of nitrogens with zero attached hydrogens (tertiary/aromatic N) is 2. The monoisotopic (exact) mass is 500 g/mol. The molecule has 1 saturated heterocycles.